The summed E-state index contributed by atoms with van der Waals surface area (Å²) in [6.07, 6.45) is 0.111. The van der Waals surface area contributed by atoms with Gasteiger partial charge in [-0.25, -0.2) is 0 Å². The summed E-state index contributed by atoms with van der Waals surface area (Å²) in [6.45, 7) is 0.448. The van der Waals surface area contributed by atoms with Crippen LogP contribution < -0.4 is 5.32 Å². The zero-order valence-electron chi connectivity index (χ0n) is 33.3. The van der Waals surface area contributed by atoms with E-state index in [0.717, 1.165) is 0 Å². The highest BCUT2D eigenvalue weighted by atomic mass is 16.4. The molecule has 3 nitrogen and oxygen atoms in total. The lowest BCUT2D eigenvalue weighted by atomic mass is 9.62. The van der Waals surface area contributed by atoms with Crippen LogP contribution in [0.1, 0.15) is 34.6 Å². The van der Waals surface area contributed by atoms with Crippen LogP contribution >= 0.6 is 0 Å². The van der Waals surface area contributed by atoms with Crippen molar-refractivity contribution >= 4 is 297 Å². The lowest BCUT2D eigenvalue weighted by molar-refractivity contribution is -0.136. The van der Waals surface area contributed by atoms with Gasteiger partial charge in [0.05, 0.1) is 12.0 Å². The van der Waals surface area contributed by atoms with Crippen molar-refractivity contribution in [2.45, 2.75) is 17.9 Å². The number of carbonyl (C=O) groups is 1. The summed E-state index contributed by atoms with van der Waals surface area (Å²) < 4.78 is 0. The Bertz CT molecular complexity index is 6800. The van der Waals surface area contributed by atoms with Crippen LogP contribution in [0.2, 0.25) is 0 Å². The summed E-state index contributed by atoms with van der Waals surface area (Å²) in [6, 6.07) is 0. The minimum atomic E-state index is -0.716. The lowest BCUT2D eigenvalue weighted by Crippen LogP contribution is -2.50. The van der Waals surface area contributed by atoms with Crippen molar-refractivity contribution < 1.29 is 9.90 Å². The quantitative estimate of drug-likeness (QED) is 0.174. The molecule has 32 rings (SSSR count). The molecule has 4 aliphatic carbocycles. The third kappa shape index (κ3) is 1.26. The molecule has 28 aromatic carbocycles. The fourth-order valence-corrected chi connectivity index (χ4v) is 23.8. The summed E-state index contributed by atoms with van der Waals surface area (Å²) in [5, 5.41) is 101. The third-order valence-electron chi connectivity index (χ3n) is 23.9. The van der Waals surface area contributed by atoms with E-state index in [1.165, 1.54) is 11.1 Å². The molecule has 2 N–H and O–H groups in total. The Morgan fingerprint density at radius 1 is 0.288 bits per heavy atom. The fraction of sp³-hybridized carbons (Fsp3) is 0.0635. The van der Waals surface area contributed by atoms with Crippen molar-refractivity contribution in [2.24, 2.45) is 0 Å². The zero-order chi connectivity index (χ0) is 39.3. The molecular weight excluding hydrogens is 803 g/mol. The Balaban J connectivity index is 1.23. The Hall–Kier alpha value is -8.11. The van der Waals surface area contributed by atoms with Crippen LogP contribution in [0.5, 0.6) is 0 Å². The average Bonchev–Trinajstić information content (AvgIpc) is 4.16. The molecule has 0 amide bonds. The minimum Gasteiger partial charge on any atom is -0.481 e. The Kier molecular flexibility index (Phi) is 2.00. The van der Waals surface area contributed by atoms with Crippen LogP contribution in [-0.2, 0) is 10.3 Å². The smallest absolute Gasteiger partial charge is 0.304 e. The van der Waals surface area contributed by atoms with Crippen LogP contribution in [-0.4, -0.2) is 17.6 Å². The van der Waals surface area contributed by atoms with E-state index < -0.39 is 11.5 Å². The van der Waals surface area contributed by atoms with Crippen LogP contribution in [0, 0.1) is 0 Å². The first-order chi connectivity index (χ1) is 32.8. The lowest BCUT2D eigenvalue weighted by Gasteiger charge is -2.46. The highest BCUT2D eigenvalue weighted by Crippen LogP contribution is 2.83. The minimum absolute atomic E-state index is 0.0805. The number of hydrogen-bond acceptors (Lipinski definition) is 2. The highest BCUT2D eigenvalue weighted by Gasteiger charge is 2.63. The Morgan fingerprint density at radius 2 is 0.455 bits per heavy atom. The molecule has 0 atom stereocenters. The summed E-state index contributed by atoms with van der Waals surface area (Å²) in [7, 11) is 0. The molecule has 0 radical (unpaired) electrons. The van der Waals surface area contributed by atoms with Gasteiger partial charge in [0.2, 0.25) is 0 Å². The number of carboxylic acids is 1. The number of rotatable bonds is 4. The second-order valence-electron chi connectivity index (χ2n) is 24.1. The van der Waals surface area contributed by atoms with E-state index in [1.54, 1.807) is 302 Å². The maximum absolute atomic E-state index is 12.8. The van der Waals surface area contributed by atoms with Gasteiger partial charge in [0, 0.05) is 12.5 Å². The predicted molar refractivity (Wildman–Crippen MR) is 275 cm³/mol. The molecule has 0 fully saturated rings. The van der Waals surface area contributed by atoms with Crippen molar-refractivity contribution in [1.29, 1.82) is 0 Å². The monoisotopic (exact) mass is 809 g/mol. The molecule has 0 aromatic heterocycles. The average molecular weight is 810 g/mol. The zero-order valence-corrected chi connectivity index (χ0v) is 33.3. The van der Waals surface area contributed by atoms with Gasteiger partial charge in [-0.2, -0.15) is 0 Å². The second kappa shape index (κ2) is 5.43. The molecule has 0 heterocycles. The van der Waals surface area contributed by atoms with Crippen molar-refractivity contribution in [3.63, 3.8) is 0 Å². The van der Waals surface area contributed by atoms with Gasteiger partial charge in [0.1, 0.15) is 0 Å². The van der Waals surface area contributed by atoms with Gasteiger partial charge in [-0.05, 0) is 313 Å². The first-order valence-corrected chi connectivity index (χ1v) is 24.5. The number of aliphatic carboxylic acids is 1. The SMILES string of the molecule is O=C(O)CCNC12c3c4c5c6c7c8c(c9c%10c1c1c3c3c%11c4c4c5c5c7c7c%12c8c8c9c9c%10c%10c1c1c3c3c%11c%11c4c4c5c7c5c7c%12c8c8c9c9c%10c1c1c3c3c%11c4c5c4c7c8c9c1c34)C62. The number of hydrogen-bond donors (Lipinski definition) is 2. The molecule has 66 heavy (non-hydrogen) atoms. The molecule has 276 valence electrons. The molecule has 0 saturated carbocycles. The van der Waals surface area contributed by atoms with Crippen molar-refractivity contribution in [3.05, 3.63) is 22.3 Å². The standard InChI is InChI=1S/C63H7NO2/c65-3(66)1-2-64-63-60-56-50-36-28-20-8-5-4-6-9(8)21-23-19-13(6)15-11-7(4)10-14-12(5)18-22(20)34(36)42-40-26(18)24(14)32-30-16(10)17(11)31-33-25(15)27(19)41-43-35(23)37(29(21)28)51(50)57(60)53(43)55-47(41)45(33)49-39(31)38(30)48-44(32)46(40)54(52(42)56)61(63)58(48)59(49)62(55)63/h60,64H,1-2H2,(H,65,66). The van der Waals surface area contributed by atoms with Crippen LogP contribution in [0.3, 0.4) is 0 Å². The van der Waals surface area contributed by atoms with E-state index >= 15 is 0 Å². The molecule has 0 aliphatic heterocycles. The molecular formula is C63H7NO2. The van der Waals surface area contributed by atoms with Crippen LogP contribution in [0.25, 0.3) is 291 Å². The normalized spacial score (nSPS) is 21.2. The second-order valence-corrected chi connectivity index (χ2v) is 24.1. The summed E-state index contributed by atoms with van der Waals surface area (Å²) in [4.78, 5) is 12.8. The van der Waals surface area contributed by atoms with E-state index in [0.29, 0.717) is 6.54 Å². The molecule has 3 heteroatoms. The summed E-state index contributed by atoms with van der Waals surface area (Å²) in [5.41, 5.74) is 5.71. The van der Waals surface area contributed by atoms with Crippen molar-refractivity contribution in [3.8, 4) is 0 Å². The van der Waals surface area contributed by atoms with Crippen LogP contribution in [0.4, 0.5) is 0 Å². The first-order valence-electron chi connectivity index (χ1n) is 24.5. The van der Waals surface area contributed by atoms with Crippen LogP contribution in [0.15, 0.2) is 0 Å². The molecule has 28 aromatic rings. The Morgan fingerprint density at radius 3 is 0.667 bits per heavy atom. The Labute approximate surface area is 357 Å². The van der Waals surface area contributed by atoms with Gasteiger partial charge in [0.25, 0.3) is 0 Å². The molecule has 0 saturated heterocycles. The first kappa shape index (κ1) is 24.3. The molecule has 0 bridgehead atoms. The molecule has 0 spiro atoms. The van der Waals surface area contributed by atoms with Gasteiger partial charge in [-0.15, -0.1) is 0 Å². The summed E-state index contributed by atoms with van der Waals surface area (Å²) in [5.74, 6) is -0.636. The highest BCUT2D eigenvalue weighted by molar-refractivity contribution is 6.82. The van der Waals surface area contributed by atoms with E-state index in [-0.39, 0.29) is 12.3 Å². The van der Waals surface area contributed by atoms with Crippen molar-refractivity contribution in [2.75, 3.05) is 6.54 Å². The maximum atomic E-state index is 12.8. The van der Waals surface area contributed by atoms with Gasteiger partial charge in [-0.3, -0.25) is 4.79 Å². The third-order valence-corrected chi connectivity index (χ3v) is 23.9. The van der Waals surface area contributed by atoms with Gasteiger partial charge >= 0.3 is 5.97 Å². The van der Waals surface area contributed by atoms with E-state index in [4.69, 9.17) is 0 Å². The molecule has 4 aliphatic rings. The molecule has 0 unspecified atom stereocenters. The number of carboxylic acid groups (broad SMARTS) is 1. The van der Waals surface area contributed by atoms with Gasteiger partial charge < -0.3 is 10.4 Å². The number of benzene rings is 18. The van der Waals surface area contributed by atoms with E-state index in [1.807, 2.05) is 0 Å². The van der Waals surface area contributed by atoms with Gasteiger partial charge in [0.15, 0.2) is 0 Å². The van der Waals surface area contributed by atoms with E-state index in [9.17, 15) is 9.90 Å². The topological polar surface area (TPSA) is 49.3 Å². The largest absolute Gasteiger partial charge is 0.481 e. The van der Waals surface area contributed by atoms with E-state index in [2.05, 4.69) is 5.32 Å². The maximum Gasteiger partial charge on any atom is 0.304 e. The summed E-state index contributed by atoms with van der Waals surface area (Å²) >= 11 is 0. The van der Waals surface area contributed by atoms with Crippen molar-refractivity contribution in [1.82, 2.24) is 5.32 Å². The van der Waals surface area contributed by atoms with Gasteiger partial charge in [-0.1, -0.05) is 0 Å². The predicted octanol–water partition coefficient (Wildman–Crippen LogP) is 16.2. The number of nitrogens with one attached hydrogen (secondary N) is 1. The fourth-order valence-electron chi connectivity index (χ4n) is 23.8.